The highest BCUT2D eigenvalue weighted by Crippen LogP contribution is 2.44. The quantitative estimate of drug-likeness (QED) is 0.0670. The maximum Gasteiger partial charge on any atom is 0.174 e. The van der Waals surface area contributed by atoms with Gasteiger partial charge in [-0.3, -0.25) is 0 Å². The van der Waals surface area contributed by atoms with E-state index in [1.54, 1.807) is 96.8 Å². The van der Waals surface area contributed by atoms with Crippen molar-refractivity contribution in [1.29, 1.82) is 10.5 Å². The molecule has 700 valence electrons. The minimum absolute atomic E-state index is 0.129. The van der Waals surface area contributed by atoms with E-state index in [2.05, 4.69) is 72.4 Å². The maximum atomic E-state index is 14.0. The van der Waals surface area contributed by atoms with Gasteiger partial charge in [0.05, 0.1) is 111 Å². The first-order valence-corrected chi connectivity index (χ1v) is 44.0. The van der Waals surface area contributed by atoms with E-state index in [1.165, 1.54) is 24.3 Å². The molecule has 0 radical (unpaired) electrons. The van der Waals surface area contributed by atoms with Gasteiger partial charge >= 0.3 is 0 Å². The summed E-state index contributed by atoms with van der Waals surface area (Å²) in [7, 11) is 6.43. The lowest BCUT2D eigenvalue weighted by atomic mass is 9.75. The molecule has 20 rings (SSSR count). The van der Waals surface area contributed by atoms with Gasteiger partial charge in [0, 0.05) is 75.2 Å². The lowest BCUT2D eigenvalue weighted by Crippen LogP contribution is -2.35. The highest BCUT2D eigenvalue weighted by atomic mass is 19.2. The third kappa shape index (κ3) is 19.5. The minimum atomic E-state index is -1.62. The molecule has 8 aromatic carbocycles. The minimum Gasteiger partial charge on any atom is -0.495 e. The molecule has 4 aliphatic heterocycles. The average molecular weight is 1870 g/mol. The molecule has 0 bridgehead atoms. The van der Waals surface area contributed by atoms with Crippen LogP contribution in [0.25, 0.3) is 71.4 Å². The van der Waals surface area contributed by atoms with Gasteiger partial charge in [-0.1, -0.05) is 48.6 Å². The van der Waals surface area contributed by atoms with E-state index in [9.17, 15) is 55.9 Å². The van der Waals surface area contributed by atoms with Crippen molar-refractivity contribution >= 4 is 48.6 Å². The number of aliphatic hydroxyl groups is 2. The summed E-state index contributed by atoms with van der Waals surface area (Å²) in [6, 6.07) is 40.1. The zero-order valence-corrected chi connectivity index (χ0v) is 76.0. The number of aryl methyl sites for hydroxylation is 8. The second kappa shape index (κ2) is 39.3. The molecule has 0 amide bonds. The summed E-state index contributed by atoms with van der Waals surface area (Å²) in [5.41, 5.74) is 5.52. The van der Waals surface area contributed by atoms with Crippen LogP contribution in [0, 0.1) is 96.9 Å². The monoisotopic (exact) mass is 1870 g/mol. The molecule has 2 N–H and O–H groups in total. The standard InChI is InChI=1S/2C26H22F2N6O.2C25H23F2N5O2/c2*1-17-14-33(16-30-17)22-6-4-18(10-23(22)35-2)5-7-24-31-25-26(15-29,8-3-9-34(25)32-24)19-11-20(27)13-21(28)12-19;2*1-16-14-31(15-28-16)21-6-4-17(10-22(21)34-2)5-7-23-29-24-25(33,8-3-9-32(24)30-23)18-11-19(26)13-20(27)12-18/h2*4-7,10-14,16H,3,8-9H2,1-2H3;2*4-7,10-15,33H,3,8-9H2,1-2H3/b4*7-5+/t2*26-;2*25-/m1010/s1. The van der Waals surface area contributed by atoms with Crippen molar-refractivity contribution in [2.45, 2.75) is 127 Å². The van der Waals surface area contributed by atoms with E-state index in [0.29, 0.717) is 135 Å². The molecule has 0 spiro atoms. The topological polar surface area (TPSA) is 319 Å². The molecule has 36 heteroatoms. The fourth-order valence-electron chi connectivity index (χ4n) is 17.6. The number of aromatic nitrogens is 20. The van der Waals surface area contributed by atoms with Crippen LogP contribution in [0.15, 0.2) is 196 Å². The van der Waals surface area contributed by atoms with Crippen LogP contribution in [-0.4, -0.2) is 136 Å². The van der Waals surface area contributed by atoms with Crippen LogP contribution in [0.5, 0.6) is 23.0 Å². The average Bonchev–Trinajstić information content (AvgIpc) is 1.56. The Morgan fingerprint density at radius 2 is 0.543 bits per heavy atom. The van der Waals surface area contributed by atoms with Crippen LogP contribution in [0.4, 0.5) is 35.1 Å². The van der Waals surface area contributed by atoms with Crippen LogP contribution in [0.3, 0.4) is 0 Å². The number of halogens is 8. The summed E-state index contributed by atoms with van der Waals surface area (Å²) >= 11 is 0. The molecule has 4 atom stereocenters. The van der Waals surface area contributed by atoms with Crippen molar-refractivity contribution in [3.63, 3.8) is 0 Å². The molecule has 138 heavy (non-hydrogen) atoms. The van der Waals surface area contributed by atoms with Crippen LogP contribution < -0.4 is 18.9 Å². The predicted octanol–water partition coefficient (Wildman–Crippen LogP) is 18.2. The molecule has 28 nitrogen and oxygen atoms in total. The normalized spacial score (nSPS) is 17.6. The Morgan fingerprint density at radius 1 is 0.312 bits per heavy atom. The number of nitrogens with zero attached hydrogens (tertiary/aromatic N) is 22. The fraction of sp³-hybridized carbons (Fsp3) is 0.235. The number of rotatable bonds is 20. The van der Waals surface area contributed by atoms with E-state index in [-0.39, 0.29) is 33.9 Å². The summed E-state index contributed by atoms with van der Waals surface area (Å²) in [4.78, 5) is 35.2. The van der Waals surface area contributed by atoms with Crippen molar-refractivity contribution in [3.05, 3.63) is 356 Å². The van der Waals surface area contributed by atoms with Crippen molar-refractivity contribution < 1.29 is 64.3 Å². The first-order valence-electron chi connectivity index (χ1n) is 44.0. The molecule has 0 saturated heterocycles. The number of nitriles is 2. The van der Waals surface area contributed by atoms with E-state index in [4.69, 9.17) is 18.9 Å². The van der Waals surface area contributed by atoms with Gasteiger partial charge in [-0.25, -0.2) is 93.7 Å². The molecule has 0 unspecified atom stereocenters. The zero-order valence-electron chi connectivity index (χ0n) is 76.0. The first-order chi connectivity index (χ1) is 66.5. The van der Waals surface area contributed by atoms with E-state index in [0.717, 1.165) is 116 Å². The van der Waals surface area contributed by atoms with Gasteiger partial charge in [0.25, 0.3) is 0 Å². The van der Waals surface area contributed by atoms with Crippen LogP contribution in [0.1, 0.15) is 165 Å². The van der Waals surface area contributed by atoms with Crippen molar-refractivity contribution in [2.75, 3.05) is 28.4 Å². The third-order valence-electron chi connectivity index (χ3n) is 24.2. The Kier molecular flexibility index (Phi) is 26.6. The Bertz CT molecular complexity index is 6980. The lowest BCUT2D eigenvalue weighted by molar-refractivity contribution is 0.0387. The number of fused-ring (bicyclic) bond motifs is 4. The van der Waals surface area contributed by atoms with Gasteiger partial charge in [-0.2, -0.15) is 30.9 Å². The first kappa shape index (κ1) is 93.5. The van der Waals surface area contributed by atoms with Crippen molar-refractivity contribution in [2.24, 2.45) is 0 Å². The van der Waals surface area contributed by atoms with Crippen LogP contribution >= 0.6 is 0 Å². The van der Waals surface area contributed by atoms with E-state index < -0.39 is 68.6 Å². The number of hydrogen-bond acceptors (Lipinski definition) is 20. The van der Waals surface area contributed by atoms with E-state index in [1.807, 2.05) is 168 Å². The number of hydrogen-bond donors (Lipinski definition) is 2. The van der Waals surface area contributed by atoms with Crippen molar-refractivity contribution in [1.82, 2.24) is 97.3 Å². The summed E-state index contributed by atoms with van der Waals surface area (Å²) in [6.07, 6.45) is 32.8. The highest BCUT2D eigenvalue weighted by molar-refractivity contribution is 5.73. The van der Waals surface area contributed by atoms with Crippen LogP contribution in [0.2, 0.25) is 0 Å². The van der Waals surface area contributed by atoms with Gasteiger partial charge < -0.3 is 47.4 Å². The molecule has 0 fully saturated rings. The smallest absolute Gasteiger partial charge is 0.174 e. The number of ether oxygens (including phenoxy) is 4. The molecule has 0 aliphatic carbocycles. The molecule has 0 saturated carbocycles. The summed E-state index contributed by atoms with van der Waals surface area (Å²) < 4.78 is 147. The van der Waals surface area contributed by atoms with E-state index >= 15 is 0 Å². The van der Waals surface area contributed by atoms with Gasteiger partial charge in [0.1, 0.15) is 91.6 Å². The maximum absolute atomic E-state index is 14.0. The highest BCUT2D eigenvalue weighted by Gasteiger charge is 2.46. The van der Waals surface area contributed by atoms with Gasteiger partial charge in [0.2, 0.25) is 0 Å². The number of imidazole rings is 4. The largest absolute Gasteiger partial charge is 0.495 e. The molecular formula is C102H90F8N22O6. The predicted molar refractivity (Wildman–Crippen MR) is 496 cm³/mol. The Morgan fingerprint density at radius 3 is 0.775 bits per heavy atom. The number of benzene rings is 8. The number of methoxy groups -OCH3 is 4. The van der Waals surface area contributed by atoms with Crippen LogP contribution in [-0.2, 0) is 48.2 Å². The molecule has 12 heterocycles. The molecular weight excluding hydrogens is 1780 g/mol. The van der Waals surface area contributed by atoms with Gasteiger partial charge in [0.15, 0.2) is 46.6 Å². The SMILES string of the molecule is COc1cc(/C=C/c2nc3n(n2)CCC[C@@]3(C#N)c2cc(F)cc(F)c2)ccc1-n1cnc(C)c1.COc1cc(/C=C/c2nc3n(n2)CCC[C@@]3(O)c2cc(F)cc(F)c2)ccc1-n1cnc(C)c1.COc1cc(/C=C/c2nc3n(n2)CCC[C@]3(C#N)c2cc(F)cc(F)c2)ccc1-n1cnc(C)c1.COc1cc(/C=C/c2nc3n(n2)CCC[C@]3(O)c2cc(F)cc(F)c2)ccc1-n1cnc(C)c1. The summed E-state index contributed by atoms with van der Waals surface area (Å²) in [6.45, 7) is 9.94. The second-order valence-corrected chi connectivity index (χ2v) is 33.6. The summed E-state index contributed by atoms with van der Waals surface area (Å²) in [5, 5.41) is 60.9. The molecule has 8 aromatic heterocycles. The Balaban J connectivity index is 0.000000127. The third-order valence-corrected chi connectivity index (χ3v) is 24.2. The summed E-state index contributed by atoms with van der Waals surface area (Å²) in [5.74, 6) is -0.265. The lowest BCUT2D eigenvalue weighted by Gasteiger charge is -2.31. The van der Waals surface area contributed by atoms with Crippen molar-refractivity contribution in [3.8, 4) is 57.9 Å². The Labute approximate surface area is 786 Å². The Hall–Kier alpha value is -16.3. The van der Waals surface area contributed by atoms with Gasteiger partial charge in [-0.15, -0.1) is 0 Å². The molecule has 4 aliphatic rings. The van der Waals surface area contributed by atoms with Gasteiger partial charge in [-0.05, 0) is 245 Å². The zero-order chi connectivity index (χ0) is 96.9. The molecule has 16 aromatic rings. The second-order valence-electron chi connectivity index (χ2n) is 33.6. The fourth-order valence-corrected chi connectivity index (χ4v) is 17.6.